The van der Waals surface area contributed by atoms with E-state index in [0.29, 0.717) is 6.04 Å². The van der Waals surface area contributed by atoms with Crippen LogP contribution in [0.5, 0.6) is 0 Å². The molecule has 2 aromatic rings. The number of aromatic nitrogens is 3. The summed E-state index contributed by atoms with van der Waals surface area (Å²) in [6, 6.07) is 3.06. The predicted octanol–water partition coefficient (Wildman–Crippen LogP) is 3.74. The quantitative estimate of drug-likeness (QED) is 0.884. The third-order valence-electron chi connectivity index (χ3n) is 4.28. The summed E-state index contributed by atoms with van der Waals surface area (Å²) in [6.45, 7) is 3.09. The van der Waals surface area contributed by atoms with Crippen LogP contribution < -0.4 is 5.32 Å². The van der Waals surface area contributed by atoms with E-state index in [-0.39, 0.29) is 6.04 Å². The van der Waals surface area contributed by atoms with Crippen LogP contribution in [0.15, 0.2) is 23.2 Å². The zero-order valence-electron chi connectivity index (χ0n) is 12.7. The highest BCUT2D eigenvalue weighted by atomic mass is 32.1. The first-order valence-electron chi connectivity index (χ1n) is 8.02. The first kappa shape index (κ1) is 14.7. The SMILES string of the molecule is CCNC(Cc1ccn(C2CCCCC2)n1)c1cscn1. The van der Waals surface area contributed by atoms with Gasteiger partial charge in [0.05, 0.1) is 29.0 Å². The first-order chi connectivity index (χ1) is 10.4. The minimum atomic E-state index is 0.274. The molecule has 1 unspecified atom stereocenters. The molecule has 4 nitrogen and oxygen atoms in total. The van der Waals surface area contributed by atoms with Crippen molar-refractivity contribution in [3.63, 3.8) is 0 Å². The number of rotatable bonds is 6. The standard InChI is InChI=1S/C16H24N4S/c1-2-17-15(16-11-21-12-18-16)10-13-8-9-20(19-13)14-6-4-3-5-7-14/h8-9,11-12,14-15,17H,2-7,10H2,1H3. The van der Waals surface area contributed by atoms with Crippen molar-refractivity contribution >= 4 is 11.3 Å². The van der Waals surface area contributed by atoms with Crippen molar-refractivity contribution in [2.24, 2.45) is 0 Å². The van der Waals surface area contributed by atoms with E-state index in [9.17, 15) is 0 Å². The van der Waals surface area contributed by atoms with Crippen molar-refractivity contribution in [2.45, 2.75) is 57.5 Å². The Bertz CT molecular complexity index is 528. The lowest BCUT2D eigenvalue weighted by Crippen LogP contribution is -2.23. The van der Waals surface area contributed by atoms with E-state index >= 15 is 0 Å². The third kappa shape index (κ3) is 3.71. The molecule has 0 bridgehead atoms. The number of nitrogens with one attached hydrogen (secondary N) is 1. The molecule has 0 radical (unpaired) electrons. The van der Waals surface area contributed by atoms with Gasteiger partial charge in [0.2, 0.25) is 0 Å². The maximum absolute atomic E-state index is 4.82. The summed E-state index contributed by atoms with van der Waals surface area (Å²) in [4.78, 5) is 4.45. The van der Waals surface area contributed by atoms with Crippen molar-refractivity contribution < 1.29 is 0 Å². The van der Waals surface area contributed by atoms with Crippen LogP contribution in [-0.4, -0.2) is 21.3 Å². The molecule has 0 aliphatic heterocycles. The van der Waals surface area contributed by atoms with Crippen molar-refractivity contribution in [2.75, 3.05) is 6.54 Å². The van der Waals surface area contributed by atoms with Crippen LogP contribution in [0, 0.1) is 0 Å². The number of nitrogens with zero attached hydrogens (tertiary/aromatic N) is 3. The Labute approximate surface area is 130 Å². The second kappa shape index (κ2) is 7.18. The van der Waals surface area contributed by atoms with E-state index in [4.69, 9.17) is 5.10 Å². The molecule has 1 aliphatic carbocycles. The predicted molar refractivity (Wildman–Crippen MR) is 86.6 cm³/mol. The Hall–Kier alpha value is -1.20. The normalized spacial score (nSPS) is 18.0. The zero-order chi connectivity index (χ0) is 14.5. The van der Waals surface area contributed by atoms with Gasteiger partial charge in [0, 0.05) is 18.0 Å². The number of hydrogen-bond donors (Lipinski definition) is 1. The molecule has 0 amide bonds. The molecule has 5 heteroatoms. The van der Waals surface area contributed by atoms with E-state index in [1.807, 2.05) is 5.51 Å². The first-order valence-corrected chi connectivity index (χ1v) is 8.96. The fourth-order valence-electron chi connectivity index (χ4n) is 3.17. The minimum absolute atomic E-state index is 0.274. The molecule has 2 heterocycles. The number of likely N-dealkylation sites (N-methyl/N-ethyl adjacent to an activating group) is 1. The van der Waals surface area contributed by atoms with Crippen molar-refractivity contribution in [1.82, 2.24) is 20.1 Å². The second-order valence-corrected chi connectivity index (χ2v) is 6.53. The van der Waals surface area contributed by atoms with Gasteiger partial charge < -0.3 is 5.32 Å². The lowest BCUT2D eigenvalue weighted by atomic mass is 9.96. The Balaban J connectivity index is 1.67. The van der Waals surface area contributed by atoms with E-state index in [1.54, 1.807) is 11.3 Å². The molecule has 1 aliphatic rings. The minimum Gasteiger partial charge on any atom is -0.309 e. The molecule has 21 heavy (non-hydrogen) atoms. The van der Waals surface area contributed by atoms with Gasteiger partial charge in [-0.2, -0.15) is 5.10 Å². The molecule has 2 aromatic heterocycles. The van der Waals surface area contributed by atoms with Gasteiger partial charge in [0.15, 0.2) is 0 Å². The van der Waals surface area contributed by atoms with Gasteiger partial charge in [-0.15, -0.1) is 11.3 Å². The lowest BCUT2D eigenvalue weighted by Gasteiger charge is -2.22. The summed E-state index contributed by atoms with van der Waals surface area (Å²) in [5.41, 5.74) is 4.20. The molecule has 3 rings (SSSR count). The third-order valence-corrected chi connectivity index (χ3v) is 4.89. The molecular formula is C16H24N4S. The molecule has 1 fully saturated rings. The van der Waals surface area contributed by atoms with Crippen LogP contribution in [0.1, 0.15) is 62.5 Å². The summed E-state index contributed by atoms with van der Waals surface area (Å²) in [6.07, 6.45) is 9.72. The van der Waals surface area contributed by atoms with Crippen molar-refractivity contribution in [3.8, 4) is 0 Å². The summed E-state index contributed by atoms with van der Waals surface area (Å²) in [5.74, 6) is 0. The number of thiazole rings is 1. The Kier molecular flexibility index (Phi) is 5.04. The van der Waals surface area contributed by atoms with Gasteiger partial charge in [-0.1, -0.05) is 26.2 Å². The van der Waals surface area contributed by atoms with Gasteiger partial charge in [-0.3, -0.25) is 4.68 Å². The molecule has 114 valence electrons. The summed E-state index contributed by atoms with van der Waals surface area (Å²) in [7, 11) is 0. The molecule has 0 aromatic carbocycles. The van der Waals surface area contributed by atoms with Gasteiger partial charge in [0.25, 0.3) is 0 Å². The smallest absolute Gasteiger partial charge is 0.0795 e. The maximum atomic E-state index is 4.82. The van der Waals surface area contributed by atoms with Gasteiger partial charge >= 0.3 is 0 Å². The summed E-state index contributed by atoms with van der Waals surface area (Å²) in [5, 5.41) is 10.5. The Morgan fingerprint density at radius 2 is 2.24 bits per heavy atom. The average molecular weight is 304 g/mol. The van der Waals surface area contributed by atoms with Gasteiger partial charge in [-0.05, 0) is 25.5 Å². The Morgan fingerprint density at radius 3 is 2.95 bits per heavy atom. The second-order valence-electron chi connectivity index (χ2n) is 5.81. The molecule has 1 N–H and O–H groups in total. The van der Waals surface area contributed by atoms with Crippen molar-refractivity contribution in [1.29, 1.82) is 0 Å². The summed E-state index contributed by atoms with van der Waals surface area (Å²) < 4.78 is 2.19. The highest BCUT2D eigenvalue weighted by Gasteiger charge is 2.18. The summed E-state index contributed by atoms with van der Waals surface area (Å²) >= 11 is 1.66. The van der Waals surface area contributed by atoms with Crippen LogP contribution >= 0.6 is 11.3 Å². The highest BCUT2D eigenvalue weighted by Crippen LogP contribution is 2.28. The molecule has 1 atom stereocenters. The largest absolute Gasteiger partial charge is 0.309 e. The zero-order valence-corrected chi connectivity index (χ0v) is 13.5. The van der Waals surface area contributed by atoms with Crippen LogP contribution in [-0.2, 0) is 6.42 Å². The van der Waals surface area contributed by atoms with E-state index in [2.05, 4.69) is 39.5 Å². The van der Waals surface area contributed by atoms with Crippen LogP contribution in [0.25, 0.3) is 0 Å². The fraction of sp³-hybridized carbons (Fsp3) is 0.625. The average Bonchev–Trinajstić information content (AvgIpc) is 3.19. The van der Waals surface area contributed by atoms with E-state index < -0.39 is 0 Å². The number of hydrogen-bond acceptors (Lipinski definition) is 4. The maximum Gasteiger partial charge on any atom is 0.0795 e. The monoisotopic (exact) mass is 304 g/mol. The fourth-order valence-corrected chi connectivity index (χ4v) is 3.77. The van der Waals surface area contributed by atoms with Crippen LogP contribution in [0.2, 0.25) is 0 Å². The van der Waals surface area contributed by atoms with Crippen molar-refractivity contribution in [3.05, 3.63) is 34.5 Å². The van der Waals surface area contributed by atoms with Gasteiger partial charge in [0.1, 0.15) is 0 Å². The van der Waals surface area contributed by atoms with Crippen LogP contribution in [0.4, 0.5) is 0 Å². The molecule has 1 saturated carbocycles. The lowest BCUT2D eigenvalue weighted by molar-refractivity contribution is 0.327. The molecule has 0 saturated heterocycles. The van der Waals surface area contributed by atoms with Crippen LogP contribution in [0.3, 0.4) is 0 Å². The van der Waals surface area contributed by atoms with E-state index in [1.165, 1.54) is 37.8 Å². The van der Waals surface area contributed by atoms with E-state index in [0.717, 1.165) is 18.7 Å². The Morgan fingerprint density at radius 1 is 1.38 bits per heavy atom. The molecular weight excluding hydrogens is 280 g/mol. The highest BCUT2D eigenvalue weighted by molar-refractivity contribution is 7.07. The van der Waals surface area contributed by atoms with Gasteiger partial charge in [-0.25, -0.2) is 4.98 Å². The topological polar surface area (TPSA) is 42.7 Å². The molecule has 0 spiro atoms.